The van der Waals surface area contributed by atoms with Crippen molar-refractivity contribution >= 4 is 37.8 Å². The molecule has 0 heterocycles. The number of esters is 1. The van der Waals surface area contributed by atoms with Crippen LogP contribution in [-0.2, 0) is 4.74 Å². The number of halogens is 2. The number of carbonyl (C=O) groups is 1. The molecule has 0 saturated carbocycles. The second-order valence-corrected chi connectivity index (χ2v) is 4.46. The quantitative estimate of drug-likeness (QED) is 0.776. The highest BCUT2D eigenvalue weighted by Crippen LogP contribution is 2.27. The van der Waals surface area contributed by atoms with Crippen LogP contribution in [0.5, 0.6) is 0 Å². The van der Waals surface area contributed by atoms with Crippen LogP contribution in [0.25, 0.3) is 0 Å². The van der Waals surface area contributed by atoms with E-state index in [9.17, 15) is 4.79 Å². The van der Waals surface area contributed by atoms with Crippen molar-refractivity contribution in [3.8, 4) is 0 Å². The van der Waals surface area contributed by atoms with Crippen LogP contribution in [0.15, 0.2) is 21.1 Å². The fourth-order valence-corrected chi connectivity index (χ4v) is 2.03. The van der Waals surface area contributed by atoms with Gasteiger partial charge in [-0.3, -0.25) is 0 Å². The van der Waals surface area contributed by atoms with E-state index in [0.29, 0.717) is 12.2 Å². The molecule has 0 spiro atoms. The number of rotatable bonds is 2. The Morgan fingerprint density at radius 1 is 1.36 bits per heavy atom. The van der Waals surface area contributed by atoms with E-state index in [-0.39, 0.29) is 5.97 Å². The van der Waals surface area contributed by atoms with Gasteiger partial charge in [0.15, 0.2) is 0 Å². The van der Waals surface area contributed by atoms with Crippen molar-refractivity contribution in [3.05, 3.63) is 32.2 Å². The van der Waals surface area contributed by atoms with Gasteiger partial charge in [0.05, 0.1) is 12.2 Å². The standard InChI is InChI=1S/C10H10Br2O2/c1-3-14-10(13)9-6(2)7(11)4-5-8(9)12/h4-5H,3H2,1-2H3. The molecule has 0 aliphatic rings. The molecule has 14 heavy (non-hydrogen) atoms. The Morgan fingerprint density at radius 3 is 2.50 bits per heavy atom. The van der Waals surface area contributed by atoms with E-state index >= 15 is 0 Å². The molecule has 0 atom stereocenters. The third kappa shape index (κ3) is 2.36. The Kier molecular flexibility index (Phi) is 4.13. The molecule has 0 aromatic heterocycles. The van der Waals surface area contributed by atoms with E-state index in [2.05, 4.69) is 31.9 Å². The summed E-state index contributed by atoms with van der Waals surface area (Å²) < 4.78 is 6.62. The summed E-state index contributed by atoms with van der Waals surface area (Å²) in [6.45, 7) is 4.05. The Morgan fingerprint density at radius 2 is 1.93 bits per heavy atom. The monoisotopic (exact) mass is 320 g/mol. The molecule has 0 saturated heterocycles. The van der Waals surface area contributed by atoms with Crippen LogP contribution in [0.2, 0.25) is 0 Å². The van der Waals surface area contributed by atoms with Crippen LogP contribution in [0.1, 0.15) is 22.8 Å². The first-order chi connectivity index (χ1) is 6.57. The summed E-state index contributed by atoms with van der Waals surface area (Å²) in [7, 11) is 0. The largest absolute Gasteiger partial charge is 0.462 e. The molecule has 0 aliphatic heterocycles. The van der Waals surface area contributed by atoms with Gasteiger partial charge >= 0.3 is 5.97 Å². The first-order valence-corrected chi connectivity index (χ1v) is 5.78. The highest BCUT2D eigenvalue weighted by atomic mass is 79.9. The summed E-state index contributed by atoms with van der Waals surface area (Å²) in [6.07, 6.45) is 0. The summed E-state index contributed by atoms with van der Waals surface area (Å²) >= 11 is 6.70. The van der Waals surface area contributed by atoms with Crippen molar-refractivity contribution in [2.45, 2.75) is 13.8 Å². The summed E-state index contributed by atoms with van der Waals surface area (Å²) in [6, 6.07) is 3.71. The van der Waals surface area contributed by atoms with Gasteiger partial charge in [-0.05, 0) is 47.5 Å². The maximum atomic E-state index is 11.6. The summed E-state index contributed by atoms with van der Waals surface area (Å²) in [5.74, 6) is -0.293. The minimum absolute atomic E-state index is 0.293. The average Bonchev–Trinajstić information content (AvgIpc) is 2.13. The first kappa shape index (κ1) is 11.7. The van der Waals surface area contributed by atoms with Gasteiger partial charge in [0.1, 0.15) is 0 Å². The van der Waals surface area contributed by atoms with Gasteiger partial charge in [0, 0.05) is 8.95 Å². The van der Waals surface area contributed by atoms with Crippen LogP contribution >= 0.6 is 31.9 Å². The lowest BCUT2D eigenvalue weighted by molar-refractivity contribution is 0.0524. The average molecular weight is 322 g/mol. The van der Waals surface area contributed by atoms with Crippen LogP contribution in [0.3, 0.4) is 0 Å². The molecule has 4 heteroatoms. The molecule has 0 bridgehead atoms. The molecular weight excluding hydrogens is 312 g/mol. The Hall–Kier alpha value is -0.350. The number of ether oxygens (including phenoxy) is 1. The third-order valence-corrected chi connectivity index (χ3v) is 3.35. The normalized spacial score (nSPS) is 10.0. The molecule has 76 valence electrons. The highest BCUT2D eigenvalue weighted by molar-refractivity contribution is 9.11. The number of benzene rings is 1. The zero-order valence-electron chi connectivity index (χ0n) is 7.93. The maximum Gasteiger partial charge on any atom is 0.339 e. The smallest absolute Gasteiger partial charge is 0.339 e. The highest BCUT2D eigenvalue weighted by Gasteiger charge is 2.15. The van der Waals surface area contributed by atoms with E-state index in [1.54, 1.807) is 6.92 Å². The van der Waals surface area contributed by atoms with Gasteiger partial charge in [0.25, 0.3) is 0 Å². The minimum Gasteiger partial charge on any atom is -0.462 e. The molecular formula is C10H10Br2O2. The summed E-state index contributed by atoms with van der Waals surface area (Å²) in [4.78, 5) is 11.6. The molecule has 0 N–H and O–H groups in total. The summed E-state index contributed by atoms with van der Waals surface area (Å²) in [5.41, 5.74) is 1.47. The Balaban J connectivity index is 3.18. The minimum atomic E-state index is -0.293. The van der Waals surface area contributed by atoms with Crippen molar-refractivity contribution in [3.63, 3.8) is 0 Å². The van der Waals surface area contributed by atoms with Gasteiger partial charge in [-0.1, -0.05) is 15.9 Å². The van der Waals surface area contributed by atoms with E-state index in [1.165, 1.54) is 0 Å². The molecule has 0 aliphatic carbocycles. The number of hydrogen-bond donors (Lipinski definition) is 0. The lowest BCUT2D eigenvalue weighted by atomic mass is 10.1. The Labute approximate surface area is 99.9 Å². The lowest BCUT2D eigenvalue weighted by Gasteiger charge is -2.08. The van der Waals surface area contributed by atoms with Crippen molar-refractivity contribution in [1.29, 1.82) is 0 Å². The van der Waals surface area contributed by atoms with Crippen LogP contribution < -0.4 is 0 Å². The molecule has 1 aromatic rings. The summed E-state index contributed by atoms with van der Waals surface area (Å²) in [5, 5.41) is 0. The van der Waals surface area contributed by atoms with Crippen molar-refractivity contribution in [2.75, 3.05) is 6.61 Å². The topological polar surface area (TPSA) is 26.3 Å². The number of hydrogen-bond acceptors (Lipinski definition) is 2. The predicted octanol–water partition coefficient (Wildman–Crippen LogP) is 3.70. The van der Waals surface area contributed by atoms with Crippen LogP contribution in [0.4, 0.5) is 0 Å². The zero-order chi connectivity index (χ0) is 10.7. The van der Waals surface area contributed by atoms with Crippen LogP contribution in [0, 0.1) is 6.92 Å². The van der Waals surface area contributed by atoms with E-state index < -0.39 is 0 Å². The van der Waals surface area contributed by atoms with Crippen molar-refractivity contribution < 1.29 is 9.53 Å². The van der Waals surface area contributed by atoms with Crippen LogP contribution in [-0.4, -0.2) is 12.6 Å². The van der Waals surface area contributed by atoms with E-state index in [0.717, 1.165) is 14.5 Å². The second-order valence-electron chi connectivity index (χ2n) is 2.75. The number of carbonyl (C=O) groups excluding carboxylic acids is 1. The SMILES string of the molecule is CCOC(=O)c1c(Br)ccc(Br)c1C. The van der Waals surface area contributed by atoms with Gasteiger partial charge in [0.2, 0.25) is 0 Å². The molecule has 1 rings (SSSR count). The van der Waals surface area contributed by atoms with Crippen molar-refractivity contribution in [1.82, 2.24) is 0 Å². The van der Waals surface area contributed by atoms with Gasteiger partial charge in [-0.15, -0.1) is 0 Å². The van der Waals surface area contributed by atoms with Crippen molar-refractivity contribution in [2.24, 2.45) is 0 Å². The Bertz CT molecular complexity index is 361. The maximum absolute atomic E-state index is 11.6. The molecule has 1 aromatic carbocycles. The van der Waals surface area contributed by atoms with Gasteiger partial charge < -0.3 is 4.74 Å². The third-order valence-electron chi connectivity index (χ3n) is 1.83. The molecule has 2 nitrogen and oxygen atoms in total. The first-order valence-electron chi connectivity index (χ1n) is 4.19. The van der Waals surface area contributed by atoms with E-state index in [1.807, 2.05) is 19.1 Å². The fraction of sp³-hybridized carbons (Fsp3) is 0.300. The van der Waals surface area contributed by atoms with Gasteiger partial charge in [-0.25, -0.2) is 4.79 Å². The lowest BCUT2D eigenvalue weighted by Crippen LogP contribution is -2.07. The predicted molar refractivity (Wildman–Crippen MR) is 62.5 cm³/mol. The fourth-order valence-electron chi connectivity index (χ4n) is 1.11. The molecule has 0 radical (unpaired) electrons. The van der Waals surface area contributed by atoms with E-state index in [4.69, 9.17) is 4.74 Å². The molecule has 0 amide bonds. The zero-order valence-corrected chi connectivity index (χ0v) is 11.1. The molecule has 0 fully saturated rings. The second kappa shape index (κ2) is 4.94. The van der Waals surface area contributed by atoms with Gasteiger partial charge in [-0.2, -0.15) is 0 Å². The molecule has 0 unspecified atom stereocenters.